The molecule has 0 spiro atoms. The molecule has 2 heterocycles. The number of furan rings is 1. The number of halogens is 1. The minimum Gasteiger partial charge on any atom is -0.468 e. The maximum Gasteiger partial charge on any atom is 0.251 e. The summed E-state index contributed by atoms with van der Waals surface area (Å²) in [5.74, 6) is 0.863. The highest BCUT2D eigenvalue weighted by Gasteiger charge is 2.19. The van der Waals surface area contributed by atoms with Crippen LogP contribution < -0.4 is 5.32 Å². The number of alkyl halides is 1. The van der Waals surface area contributed by atoms with E-state index in [1.807, 2.05) is 24.3 Å². The fourth-order valence-corrected chi connectivity index (χ4v) is 2.90. The van der Waals surface area contributed by atoms with Crippen LogP contribution in [0.5, 0.6) is 0 Å². The molecule has 0 bridgehead atoms. The summed E-state index contributed by atoms with van der Waals surface area (Å²) in [6, 6.07) is 9.84. The Morgan fingerprint density at radius 2 is 2.21 bits per heavy atom. The average molecular weight is 320 g/mol. The van der Waals surface area contributed by atoms with Gasteiger partial charge in [-0.15, -0.1) is 0 Å². The topological polar surface area (TPSA) is 42.2 Å². The van der Waals surface area contributed by atoms with Crippen molar-refractivity contribution in [1.29, 1.82) is 0 Å². The quantitative estimate of drug-likeness (QED) is 0.861. The van der Waals surface area contributed by atoms with E-state index in [0.717, 1.165) is 41.8 Å². The normalized spacial score (nSPS) is 16.4. The van der Waals surface area contributed by atoms with E-state index in [2.05, 4.69) is 27.3 Å². The molecule has 0 radical (unpaired) electrons. The SMILES string of the molecule is O=C1NCCCc2ccc(C(Br)c3ccco3)cc21. The Morgan fingerprint density at radius 3 is 3.00 bits per heavy atom. The molecule has 1 aromatic heterocycles. The summed E-state index contributed by atoms with van der Waals surface area (Å²) in [4.78, 5) is 12.0. The van der Waals surface area contributed by atoms with Crippen molar-refractivity contribution in [3.05, 3.63) is 59.0 Å². The first-order valence-electron chi connectivity index (χ1n) is 6.34. The zero-order valence-corrected chi connectivity index (χ0v) is 11.9. The predicted octanol–water partition coefficient (Wildman–Crippen LogP) is 3.44. The van der Waals surface area contributed by atoms with Gasteiger partial charge in [-0.25, -0.2) is 0 Å². The van der Waals surface area contributed by atoms with E-state index in [1.165, 1.54) is 0 Å². The van der Waals surface area contributed by atoms with Crippen LogP contribution in [0.1, 0.15) is 38.5 Å². The predicted molar refractivity (Wildman–Crippen MR) is 76.6 cm³/mol. The van der Waals surface area contributed by atoms with E-state index in [9.17, 15) is 4.79 Å². The average Bonchev–Trinajstić information content (AvgIpc) is 2.90. The molecule has 2 aromatic rings. The third-order valence-electron chi connectivity index (χ3n) is 3.37. The smallest absolute Gasteiger partial charge is 0.251 e. The largest absolute Gasteiger partial charge is 0.468 e. The van der Waals surface area contributed by atoms with Gasteiger partial charge < -0.3 is 9.73 Å². The third-order valence-corrected chi connectivity index (χ3v) is 4.35. The van der Waals surface area contributed by atoms with Crippen LogP contribution in [0.2, 0.25) is 0 Å². The molecule has 1 aromatic carbocycles. The zero-order chi connectivity index (χ0) is 13.2. The molecule has 1 N–H and O–H groups in total. The molecule has 4 heteroatoms. The molecule has 3 nitrogen and oxygen atoms in total. The maximum absolute atomic E-state index is 12.0. The molecule has 1 atom stereocenters. The van der Waals surface area contributed by atoms with Gasteiger partial charge in [-0.2, -0.15) is 0 Å². The Bertz CT molecular complexity index is 592. The highest BCUT2D eigenvalue weighted by molar-refractivity contribution is 9.09. The van der Waals surface area contributed by atoms with Crippen molar-refractivity contribution in [3.8, 4) is 0 Å². The standard InChI is InChI=1S/C15H14BrNO2/c16-14(13-4-2-8-19-13)11-6-5-10-3-1-7-17-15(18)12(10)9-11/h2,4-6,8-9,14H,1,3,7H2,(H,17,18). The van der Waals surface area contributed by atoms with Crippen molar-refractivity contribution in [2.24, 2.45) is 0 Å². The van der Waals surface area contributed by atoms with E-state index in [1.54, 1.807) is 6.26 Å². The molecule has 98 valence electrons. The van der Waals surface area contributed by atoms with Gasteiger partial charge >= 0.3 is 0 Å². The van der Waals surface area contributed by atoms with Crippen molar-refractivity contribution >= 4 is 21.8 Å². The van der Waals surface area contributed by atoms with Crippen LogP contribution in [0.4, 0.5) is 0 Å². The molecule has 3 rings (SSSR count). The van der Waals surface area contributed by atoms with Crippen LogP contribution in [0.25, 0.3) is 0 Å². The van der Waals surface area contributed by atoms with E-state index in [0.29, 0.717) is 0 Å². The van der Waals surface area contributed by atoms with Gasteiger partial charge in [-0.05, 0) is 42.2 Å². The number of rotatable bonds is 2. The van der Waals surface area contributed by atoms with E-state index in [-0.39, 0.29) is 10.7 Å². The van der Waals surface area contributed by atoms with Gasteiger partial charge in [-0.3, -0.25) is 4.79 Å². The van der Waals surface area contributed by atoms with Gasteiger partial charge in [-0.1, -0.05) is 28.1 Å². The minimum atomic E-state index is -0.0242. The second-order valence-corrected chi connectivity index (χ2v) is 5.57. The van der Waals surface area contributed by atoms with Gasteiger partial charge in [0.25, 0.3) is 5.91 Å². The van der Waals surface area contributed by atoms with Gasteiger partial charge in [0.2, 0.25) is 0 Å². The lowest BCUT2D eigenvalue weighted by Crippen LogP contribution is -2.22. The number of aryl methyl sites for hydroxylation is 1. The number of nitrogens with one attached hydrogen (secondary N) is 1. The number of benzene rings is 1. The molecule has 1 amide bonds. The van der Waals surface area contributed by atoms with Crippen molar-refractivity contribution < 1.29 is 9.21 Å². The molecular weight excluding hydrogens is 306 g/mol. The summed E-state index contributed by atoms with van der Waals surface area (Å²) in [7, 11) is 0. The van der Waals surface area contributed by atoms with Gasteiger partial charge in [0.1, 0.15) is 5.76 Å². The lowest BCUT2D eigenvalue weighted by atomic mass is 9.99. The summed E-state index contributed by atoms with van der Waals surface area (Å²) >= 11 is 3.62. The van der Waals surface area contributed by atoms with Crippen molar-refractivity contribution in [2.75, 3.05) is 6.54 Å². The lowest BCUT2D eigenvalue weighted by Gasteiger charge is -2.11. The molecule has 0 saturated heterocycles. The number of carbonyl (C=O) groups excluding carboxylic acids is 1. The molecular formula is C15H14BrNO2. The van der Waals surface area contributed by atoms with Crippen LogP contribution in [0.15, 0.2) is 41.0 Å². The zero-order valence-electron chi connectivity index (χ0n) is 10.4. The Hall–Kier alpha value is -1.55. The summed E-state index contributed by atoms with van der Waals surface area (Å²) in [5.41, 5.74) is 2.94. The van der Waals surface area contributed by atoms with Gasteiger partial charge in [0.15, 0.2) is 0 Å². The fourth-order valence-electron chi connectivity index (χ4n) is 2.36. The van der Waals surface area contributed by atoms with Crippen molar-refractivity contribution in [3.63, 3.8) is 0 Å². The van der Waals surface area contributed by atoms with Crippen molar-refractivity contribution in [2.45, 2.75) is 17.7 Å². The van der Waals surface area contributed by atoms with Crippen LogP contribution in [0.3, 0.4) is 0 Å². The van der Waals surface area contributed by atoms with Crippen LogP contribution in [0, 0.1) is 0 Å². The van der Waals surface area contributed by atoms with E-state index in [4.69, 9.17) is 4.42 Å². The molecule has 1 unspecified atom stereocenters. The maximum atomic E-state index is 12.0. The monoisotopic (exact) mass is 319 g/mol. The second kappa shape index (κ2) is 5.21. The number of fused-ring (bicyclic) bond motifs is 1. The van der Waals surface area contributed by atoms with E-state index >= 15 is 0 Å². The number of hydrogen-bond donors (Lipinski definition) is 1. The van der Waals surface area contributed by atoms with Crippen LogP contribution in [-0.2, 0) is 6.42 Å². The highest BCUT2D eigenvalue weighted by atomic mass is 79.9. The van der Waals surface area contributed by atoms with E-state index < -0.39 is 0 Å². The molecule has 19 heavy (non-hydrogen) atoms. The Balaban J connectivity index is 1.98. The van der Waals surface area contributed by atoms with Crippen LogP contribution >= 0.6 is 15.9 Å². The Morgan fingerprint density at radius 1 is 1.32 bits per heavy atom. The summed E-state index contributed by atoms with van der Waals surface area (Å²) < 4.78 is 5.40. The van der Waals surface area contributed by atoms with Gasteiger partial charge in [0.05, 0.1) is 11.1 Å². The molecule has 1 aliphatic heterocycles. The molecule has 0 saturated carbocycles. The number of carbonyl (C=O) groups is 1. The highest BCUT2D eigenvalue weighted by Crippen LogP contribution is 2.32. The lowest BCUT2D eigenvalue weighted by molar-refractivity contribution is 0.0956. The van der Waals surface area contributed by atoms with Crippen LogP contribution in [-0.4, -0.2) is 12.5 Å². The first-order valence-corrected chi connectivity index (χ1v) is 7.26. The molecule has 0 fully saturated rings. The summed E-state index contributed by atoms with van der Waals surface area (Å²) in [5, 5.41) is 2.92. The number of amides is 1. The minimum absolute atomic E-state index is 0.0218. The first kappa shape index (κ1) is 12.5. The Labute approximate surface area is 120 Å². The summed E-state index contributed by atoms with van der Waals surface area (Å²) in [6.07, 6.45) is 3.59. The third kappa shape index (κ3) is 2.45. The second-order valence-electron chi connectivity index (χ2n) is 4.65. The summed E-state index contributed by atoms with van der Waals surface area (Å²) in [6.45, 7) is 0.749. The van der Waals surface area contributed by atoms with Gasteiger partial charge in [0, 0.05) is 12.1 Å². The first-order chi connectivity index (χ1) is 9.25. The van der Waals surface area contributed by atoms with Crippen molar-refractivity contribution in [1.82, 2.24) is 5.32 Å². The fraction of sp³-hybridized carbons (Fsp3) is 0.267. The Kier molecular flexibility index (Phi) is 3.42. The molecule has 0 aliphatic carbocycles. The number of hydrogen-bond acceptors (Lipinski definition) is 2. The molecule has 1 aliphatic rings.